The van der Waals surface area contributed by atoms with E-state index in [1.807, 2.05) is 18.2 Å². The third-order valence-corrected chi connectivity index (χ3v) is 5.32. The lowest BCUT2D eigenvalue weighted by Gasteiger charge is -2.13. The second-order valence-electron chi connectivity index (χ2n) is 7.33. The van der Waals surface area contributed by atoms with Crippen LogP contribution in [0.4, 0.5) is 0 Å². The second-order valence-corrected chi connectivity index (χ2v) is 7.33. The Labute approximate surface area is 179 Å². The number of hydrogen-bond acceptors (Lipinski definition) is 6. The van der Waals surface area contributed by atoms with Gasteiger partial charge in [0.2, 0.25) is 0 Å². The van der Waals surface area contributed by atoms with E-state index in [2.05, 4.69) is 4.98 Å². The summed E-state index contributed by atoms with van der Waals surface area (Å²) in [5.74, 6) is -0.308. The average Bonchev–Trinajstić information content (AvgIpc) is 3.03. The summed E-state index contributed by atoms with van der Waals surface area (Å²) >= 11 is 0. The lowest BCUT2D eigenvalue weighted by molar-refractivity contribution is 0.0484. The zero-order valence-electron chi connectivity index (χ0n) is 17.4. The SMILES string of the molecule is COc1ccc2nc(C)c(C(=O)OCCCCN3C(=O)c4ccccc4C3=O)cc2c1. The van der Waals surface area contributed by atoms with Gasteiger partial charge in [-0.25, -0.2) is 4.79 Å². The van der Waals surface area contributed by atoms with Crippen LogP contribution in [0.2, 0.25) is 0 Å². The van der Waals surface area contributed by atoms with Crippen molar-refractivity contribution in [1.29, 1.82) is 0 Å². The van der Waals surface area contributed by atoms with E-state index in [0.29, 0.717) is 47.5 Å². The minimum atomic E-state index is -0.449. The van der Waals surface area contributed by atoms with Gasteiger partial charge in [-0.1, -0.05) is 12.1 Å². The Hall–Kier alpha value is -3.74. The topological polar surface area (TPSA) is 85.8 Å². The molecule has 1 aromatic heterocycles. The predicted octanol–water partition coefficient (Wildman–Crippen LogP) is 3.79. The molecular weight excluding hydrogens is 396 g/mol. The Morgan fingerprint density at radius 2 is 1.71 bits per heavy atom. The number of benzene rings is 2. The number of unbranched alkanes of at least 4 members (excludes halogenated alkanes) is 1. The Kier molecular flexibility index (Phi) is 5.66. The van der Waals surface area contributed by atoms with Gasteiger partial charge in [-0.15, -0.1) is 0 Å². The van der Waals surface area contributed by atoms with E-state index < -0.39 is 5.97 Å². The number of amides is 2. The molecule has 0 spiro atoms. The number of rotatable bonds is 7. The quantitative estimate of drug-likeness (QED) is 0.330. The van der Waals surface area contributed by atoms with Crippen molar-refractivity contribution in [2.75, 3.05) is 20.3 Å². The van der Waals surface area contributed by atoms with Crippen LogP contribution in [0, 0.1) is 6.92 Å². The highest BCUT2D eigenvalue weighted by molar-refractivity contribution is 6.21. The minimum absolute atomic E-state index is 0.192. The Morgan fingerprint density at radius 3 is 2.39 bits per heavy atom. The molecular formula is C24H22N2O5. The lowest BCUT2D eigenvalue weighted by atomic mass is 10.1. The highest BCUT2D eigenvalue weighted by atomic mass is 16.5. The summed E-state index contributed by atoms with van der Waals surface area (Å²) in [4.78, 5) is 43.0. The van der Waals surface area contributed by atoms with Gasteiger partial charge in [0.1, 0.15) is 5.75 Å². The van der Waals surface area contributed by atoms with Crippen LogP contribution in [0.25, 0.3) is 10.9 Å². The van der Waals surface area contributed by atoms with Crippen molar-refractivity contribution in [1.82, 2.24) is 9.88 Å². The fourth-order valence-corrected chi connectivity index (χ4v) is 3.64. The van der Waals surface area contributed by atoms with Gasteiger partial charge >= 0.3 is 5.97 Å². The largest absolute Gasteiger partial charge is 0.497 e. The molecule has 31 heavy (non-hydrogen) atoms. The number of pyridine rings is 1. The van der Waals surface area contributed by atoms with Gasteiger partial charge < -0.3 is 9.47 Å². The van der Waals surface area contributed by atoms with Crippen LogP contribution in [-0.4, -0.2) is 47.9 Å². The van der Waals surface area contributed by atoms with Crippen molar-refractivity contribution < 1.29 is 23.9 Å². The zero-order chi connectivity index (χ0) is 22.0. The summed E-state index contributed by atoms with van der Waals surface area (Å²) < 4.78 is 10.6. The van der Waals surface area contributed by atoms with Crippen LogP contribution in [0.15, 0.2) is 48.5 Å². The molecule has 0 saturated heterocycles. The van der Waals surface area contributed by atoms with Crippen LogP contribution in [0.1, 0.15) is 49.6 Å². The first-order chi connectivity index (χ1) is 15.0. The summed E-state index contributed by atoms with van der Waals surface area (Å²) in [6.45, 7) is 2.25. The third-order valence-electron chi connectivity index (χ3n) is 5.32. The van der Waals surface area contributed by atoms with Gasteiger partial charge in [-0.3, -0.25) is 19.5 Å². The molecule has 0 atom stereocenters. The number of aryl methyl sites for hydroxylation is 1. The average molecular weight is 418 g/mol. The number of ether oxygens (including phenoxy) is 2. The van der Waals surface area contributed by atoms with Crippen molar-refractivity contribution in [3.05, 3.63) is 70.9 Å². The summed E-state index contributed by atoms with van der Waals surface area (Å²) in [5.41, 5.74) is 2.65. The number of esters is 1. The van der Waals surface area contributed by atoms with E-state index in [0.717, 1.165) is 10.9 Å². The van der Waals surface area contributed by atoms with Gasteiger partial charge in [-0.05, 0) is 56.2 Å². The number of hydrogen-bond donors (Lipinski definition) is 0. The standard InChI is InChI=1S/C24H22N2O5/c1-15-20(14-16-13-17(30-2)9-10-21(16)25-15)24(29)31-12-6-5-11-26-22(27)18-7-3-4-8-19(18)23(26)28/h3-4,7-10,13-14H,5-6,11-12H2,1-2H3. The molecule has 158 valence electrons. The summed E-state index contributed by atoms with van der Waals surface area (Å²) in [6.07, 6.45) is 1.08. The molecule has 0 bridgehead atoms. The van der Waals surface area contributed by atoms with Gasteiger partial charge in [0.15, 0.2) is 0 Å². The van der Waals surface area contributed by atoms with Crippen molar-refractivity contribution in [2.45, 2.75) is 19.8 Å². The van der Waals surface area contributed by atoms with E-state index in [1.165, 1.54) is 4.90 Å². The van der Waals surface area contributed by atoms with Gasteiger partial charge in [-0.2, -0.15) is 0 Å². The first-order valence-corrected chi connectivity index (χ1v) is 10.1. The van der Waals surface area contributed by atoms with Crippen LogP contribution in [-0.2, 0) is 4.74 Å². The molecule has 1 aliphatic heterocycles. The highest BCUT2D eigenvalue weighted by Crippen LogP contribution is 2.24. The van der Waals surface area contributed by atoms with Crippen LogP contribution in [0.3, 0.4) is 0 Å². The number of nitrogens with zero attached hydrogens (tertiary/aromatic N) is 2. The molecule has 4 rings (SSSR count). The highest BCUT2D eigenvalue weighted by Gasteiger charge is 2.34. The smallest absolute Gasteiger partial charge is 0.339 e. The van der Waals surface area contributed by atoms with Crippen molar-refractivity contribution >= 4 is 28.7 Å². The van der Waals surface area contributed by atoms with Crippen molar-refractivity contribution in [3.63, 3.8) is 0 Å². The summed E-state index contributed by atoms with van der Waals surface area (Å²) in [7, 11) is 1.58. The van der Waals surface area contributed by atoms with Crippen molar-refractivity contribution in [3.8, 4) is 5.75 Å². The molecule has 0 saturated carbocycles. The van der Waals surface area contributed by atoms with Gasteiger partial charge in [0.25, 0.3) is 11.8 Å². The van der Waals surface area contributed by atoms with Crippen LogP contribution >= 0.6 is 0 Å². The van der Waals surface area contributed by atoms with E-state index in [4.69, 9.17) is 9.47 Å². The molecule has 2 aromatic carbocycles. The fraction of sp³-hybridized carbons (Fsp3) is 0.250. The van der Waals surface area contributed by atoms with E-state index in [1.54, 1.807) is 44.4 Å². The normalized spacial score (nSPS) is 12.9. The number of methoxy groups -OCH3 is 1. The third kappa shape index (κ3) is 3.99. The molecule has 0 N–H and O–H groups in total. The monoisotopic (exact) mass is 418 g/mol. The maximum absolute atomic E-state index is 12.5. The lowest BCUT2D eigenvalue weighted by Crippen LogP contribution is -2.30. The molecule has 0 aliphatic carbocycles. The number of aromatic nitrogens is 1. The molecule has 2 amide bonds. The van der Waals surface area contributed by atoms with E-state index in [9.17, 15) is 14.4 Å². The maximum Gasteiger partial charge on any atom is 0.339 e. The van der Waals surface area contributed by atoms with E-state index in [-0.39, 0.29) is 18.4 Å². The van der Waals surface area contributed by atoms with E-state index >= 15 is 0 Å². The molecule has 0 fully saturated rings. The molecule has 3 aromatic rings. The van der Waals surface area contributed by atoms with Crippen molar-refractivity contribution in [2.24, 2.45) is 0 Å². The molecule has 1 aliphatic rings. The Bertz CT molecular complexity index is 1150. The first-order valence-electron chi connectivity index (χ1n) is 10.1. The number of carbonyl (C=O) groups is 3. The Balaban J connectivity index is 1.31. The number of fused-ring (bicyclic) bond motifs is 2. The number of imide groups is 1. The van der Waals surface area contributed by atoms with Gasteiger partial charge in [0.05, 0.1) is 41.6 Å². The van der Waals surface area contributed by atoms with Gasteiger partial charge in [0, 0.05) is 11.9 Å². The van der Waals surface area contributed by atoms with Crippen LogP contribution in [0.5, 0.6) is 5.75 Å². The summed E-state index contributed by atoms with van der Waals surface area (Å²) in [5, 5.41) is 0.794. The predicted molar refractivity (Wildman–Crippen MR) is 114 cm³/mol. The zero-order valence-corrected chi connectivity index (χ0v) is 17.4. The van der Waals surface area contributed by atoms with Crippen LogP contribution < -0.4 is 4.74 Å². The molecule has 2 heterocycles. The first kappa shape index (κ1) is 20.5. The molecule has 7 heteroatoms. The Morgan fingerprint density at radius 1 is 1.00 bits per heavy atom. The maximum atomic E-state index is 12.5. The second kappa shape index (κ2) is 8.55. The molecule has 0 unspecified atom stereocenters. The minimum Gasteiger partial charge on any atom is -0.497 e. The molecule has 0 radical (unpaired) electrons. The number of carbonyl (C=O) groups excluding carboxylic acids is 3. The fourth-order valence-electron chi connectivity index (χ4n) is 3.64. The summed E-state index contributed by atoms with van der Waals surface area (Å²) in [6, 6.07) is 14.0. The molecule has 7 nitrogen and oxygen atoms in total.